The van der Waals surface area contributed by atoms with Crippen LogP contribution >= 0.6 is 0 Å². The number of carbonyl (C=O) groups is 1. The largest absolute Gasteiger partial charge is 0.497 e. The van der Waals surface area contributed by atoms with Crippen LogP contribution in [0.15, 0.2) is 24.3 Å². The van der Waals surface area contributed by atoms with Gasteiger partial charge in [-0.15, -0.1) is 0 Å². The number of amides is 1. The van der Waals surface area contributed by atoms with Gasteiger partial charge in [-0.2, -0.15) is 0 Å². The molecule has 2 N–H and O–H groups in total. The number of benzene rings is 1. The summed E-state index contributed by atoms with van der Waals surface area (Å²) in [6.07, 6.45) is 0. The van der Waals surface area contributed by atoms with Gasteiger partial charge in [-0.1, -0.05) is 12.1 Å². The van der Waals surface area contributed by atoms with Crippen molar-refractivity contribution in [2.45, 2.75) is 6.54 Å². The van der Waals surface area contributed by atoms with Gasteiger partial charge in [-0.3, -0.25) is 4.79 Å². The fourth-order valence-corrected chi connectivity index (χ4v) is 2.20. The van der Waals surface area contributed by atoms with Crippen LogP contribution in [0.4, 0.5) is 0 Å². The van der Waals surface area contributed by atoms with Gasteiger partial charge in [0.2, 0.25) is 5.91 Å². The smallest absolute Gasteiger partial charge is 0.234 e. The maximum Gasteiger partial charge on any atom is 0.234 e. The van der Waals surface area contributed by atoms with Gasteiger partial charge < -0.3 is 20.1 Å². The fourth-order valence-electron chi connectivity index (χ4n) is 2.20. The first-order valence-electron chi connectivity index (χ1n) is 6.27. The van der Waals surface area contributed by atoms with Crippen LogP contribution in [0, 0.1) is 5.41 Å². The fraction of sp³-hybridized carbons (Fsp3) is 0.500. The van der Waals surface area contributed by atoms with Crippen LogP contribution in [0.3, 0.4) is 0 Å². The molecule has 0 unspecified atom stereocenters. The van der Waals surface area contributed by atoms with E-state index in [1.54, 1.807) is 19.1 Å². The highest BCUT2D eigenvalue weighted by atomic mass is 16.5. The maximum atomic E-state index is 12.4. The van der Waals surface area contributed by atoms with Gasteiger partial charge in [-0.05, 0) is 17.7 Å². The second-order valence-electron chi connectivity index (χ2n) is 4.99. The average molecular weight is 264 g/mol. The van der Waals surface area contributed by atoms with Crippen LogP contribution in [0.5, 0.6) is 5.75 Å². The minimum Gasteiger partial charge on any atom is -0.497 e. The summed E-state index contributed by atoms with van der Waals surface area (Å²) < 4.78 is 10.3. The summed E-state index contributed by atoms with van der Waals surface area (Å²) in [6, 6.07) is 7.69. The van der Waals surface area contributed by atoms with E-state index in [0.29, 0.717) is 26.3 Å². The van der Waals surface area contributed by atoms with Gasteiger partial charge in [0, 0.05) is 20.1 Å². The highest BCUT2D eigenvalue weighted by molar-refractivity contribution is 5.84. The van der Waals surface area contributed by atoms with Gasteiger partial charge in [0.25, 0.3) is 0 Å². The molecule has 5 heteroatoms. The molecule has 0 bridgehead atoms. The van der Waals surface area contributed by atoms with E-state index in [-0.39, 0.29) is 5.91 Å². The van der Waals surface area contributed by atoms with Crippen molar-refractivity contribution in [1.82, 2.24) is 4.90 Å². The molecule has 0 aromatic heterocycles. The maximum absolute atomic E-state index is 12.4. The Morgan fingerprint density at radius 3 is 2.79 bits per heavy atom. The Hall–Kier alpha value is -1.59. The molecule has 0 radical (unpaired) electrons. The number of rotatable bonds is 5. The van der Waals surface area contributed by atoms with E-state index in [1.807, 2.05) is 24.3 Å². The summed E-state index contributed by atoms with van der Waals surface area (Å²) >= 11 is 0. The monoisotopic (exact) mass is 264 g/mol. The summed E-state index contributed by atoms with van der Waals surface area (Å²) in [6.45, 7) is 1.71. The molecule has 1 aromatic rings. The molecule has 0 aliphatic carbocycles. The summed E-state index contributed by atoms with van der Waals surface area (Å²) in [4.78, 5) is 14.1. The molecule has 0 atom stereocenters. The Kier molecular flexibility index (Phi) is 4.07. The molecule has 0 saturated carbocycles. The first-order valence-corrected chi connectivity index (χ1v) is 6.27. The molecule has 1 heterocycles. The van der Waals surface area contributed by atoms with E-state index >= 15 is 0 Å². The molecule has 1 saturated heterocycles. The summed E-state index contributed by atoms with van der Waals surface area (Å²) in [5, 5.41) is 0. The van der Waals surface area contributed by atoms with E-state index in [0.717, 1.165) is 11.3 Å². The second kappa shape index (κ2) is 5.59. The van der Waals surface area contributed by atoms with Crippen molar-refractivity contribution in [2.24, 2.45) is 11.1 Å². The summed E-state index contributed by atoms with van der Waals surface area (Å²) in [7, 11) is 3.42. The lowest BCUT2D eigenvalue weighted by Gasteiger charge is -2.41. The van der Waals surface area contributed by atoms with E-state index in [1.165, 1.54) is 0 Å². The zero-order chi connectivity index (χ0) is 13.9. The van der Waals surface area contributed by atoms with E-state index in [2.05, 4.69) is 0 Å². The number of nitrogens with zero attached hydrogens (tertiary/aromatic N) is 1. The van der Waals surface area contributed by atoms with Crippen LogP contribution in [0.1, 0.15) is 5.56 Å². The lowest BCUT2D eigenvalue weighted by atomic mass is 9.84. The number of carbonyl (C=O) groups excluding carboxylic acids is 1. The van der Waals surface area contributed by atoms with Gasteiger partial charge in [0.15, 0.2) is 0 Å². The predicted octanol–water partition coefficient (Wildman–Crippen LogP) is 0.629. The Bertz CT molecular complexity index is 452. The van der Waals surface area contributed by atoms with E-state index in [9.17, 15) is 4.79 Å². The molecule has 1 amide bonds. The number of ether oxygens (including phenoxy) is 2. The third-order valence-corrected chi connectivity index (χ3v) is 3.50. The predicted molar refractivity (Wildman–Crippen MR) is 71.8 cm³/mol. The summed E-state index contributed by atoms with van der Waals surface area (Å²) in [5.74, 6) is 0.836. The van der Waals surface area contributed by atoms with Crippen LogP contribution in [0.25, 0.3) is 0 Å². The Morgan fingerprint density at radius 1 is 1.53 bits per heavy atom. The quantitative estimate of drug-likeness (QED) is 0.847. The standard InChI is InChI=1S/C14H20N2O3/c1-16(13(17)14(8-15)9-19-10-14)7-11-4-3-5-12(6-11)18-2/h3-6H,7-10,15H2,1-2H3. The topological polar surface area (TPSA) is 64.8 Å². The Balaban J connectivity index is 2.03. The first kappa shape index (κ1) is 13.8. The number of hydrogen-bond acceptors (Lipinski definition) is 4. The number of methoxy groups -OCH3 is 1. The highest BCUT2D eigenvalue weighted by Gasteiger charge is 2.46. The molecule has 19 heavy (non-hydrogen) atoms. The minimum atomic E-state index is -0.520. The zero-order valence-corrected chi connectivity index (χ0v) is 11.4. The van der Waals surface area contributed by atoms with Gasteiger partial charge in [0.05, 0.1) is 20.3 Å². The van der Waals surface area contributed by atoms with Crippen LogP contribution in [-0.4, -0.2) is 44.7 Å². The van der Waals surface area contributed by atoms with E-state index in [4.69, 9.17) is 15.2 Å². The summed E-state index contributed by atoms with van der Waals surface area (Å²) in [5.41, 5.74) is 6.21. The van der Waals surface area contributed by atoms with Crippen molar-refractivity contribution in [3.05, 3.63) is 29.8 Å². The van der Waals surface area contributed by atoms with Crippen LogP contribution < -0.4 is 10.5 Å². The molecule has 0 spiro atoms. The molecular formula is C14H20N2O3. The second-order valence-corrected chi connectivity index (χ2v) is 4.99. The molecular weight excluding hydrogens is 244 g/mol. The van der Waals surface area contributed by atoms with Gasteiger partial charge in [0.1, 0.15) is 11.2 Å². The van der Waals surface area contributed by atoms with Gasteiger partial charge >= 0.3 is 0 Å². The first-order chi connectivity index (χ1) is 9.11. The molecule has 2 rings (SSSR count). The Morgan fingerprint density at radius 2 is 2.26 bits per heavy atom. The van der Waals surface area contributed by atoms with Crippen molar-refractivity contribution in [1.29, 1.82) is 0 Å². The third-order valence-electron chi connectivity index (χ3n) is 3.50. The number of nitrogens with two attached hydrogens (primary N) is 1. The van der Waals surface area contributed by atoms with Crippen molar-refractivity contribution in [3.8, 4) is 5.75 Å². The van der Waals surface area contributed by atoms with Crippen molar-refractivity contribution >= 4 is 5.91 Å². The van der Waals surface area contributed by atoms with Crippen molar-refractivity contribution in [2.75, 3.05) is 33.9 Å². The van der Waals surface area contributed by atoms with Crippen molar-refractivity contribution in [3.63, 3.8) is 0 Å². The van der Waals surface area contributed by atoms with Crippen molar-refractivity contribution < 1.29 is 14.3 Å². The molecule has 5 nitrogen and oxygen atoms in total. The molecule has 1 aromatic carbocycles. The molecule has 1 aliphatic rings. The van der Waals surface area contributed by atoms with Crippen LogP contribution in [-0.2, 0) is 16.1 Å². The molecule has 104 valence electrons. The SMILES string of the molecule is COc1cccc(CN(C)C(=O)C2(CN)COC2)c1. The van der Waals surface area contributed by atoms with E-state index < -0.39 is 5.41 Å². The molecule has 1 aliphatic heterocycles. The minimum absolute atomic E-state index is 0.0454. The lowest BCUT2D eigenvalue weighted by molar-refractivity contribution is -0.169. The normalized spacial score (nSPS) is 16.6. The van der Waals surface area contributed by atoms with Gasteiger partial charge in [-0.25, -0.2) is 0 Å². The average Bonchev–Trinajstić information content (AvgIpc) is 2.38. The highest BCUT2D eigenvalue weighted by Crippen LogP contribution is 2.29. The number of hydrogen-bond donors (Lipinski definition) is 1. The molecule has 1 fully saturated rings. The zero-order valence-electron chi connectivity index (χ0n) is 11.4. The Labute approximate surface area is 113 Å². The van der Waals surface area contributed by atoms with Crippen LogP contribution in [0.2, 0.25) is 0 Å². The third kappa shape index (κ3) is 2.72. The lowest BCUT2D eigenvalue weighted by Crippen LogP contribution is -2.58.